The van der Waals surface area contributed by atoms with Crippen LogP contribution in [0.25, 0.3) is 10.7 Å². The highest BCUT2D eigenvalue weighted by Gasteiger charge is 2.27. The van der Waals surface area contributed by atoms with Gasteiger partial charge in [-0.25, -0.2) is 0 Å². The molecule has 0 amide bonds. The molecule has 0 radical (unpaired) electrons. The summed E-state index contributed by atoms with van der Waals surface area (Å²) in [4.78, 5) is 8.91. The second-order valence-corrected chi connectivity index (χ2v) is 7.99. The van der Waals surface area contributed by atoms with E-state index < -0.39 is 0 Å². The summed E-state index contributed by atoms with van der Waals surface area (Å²) in [6, 6.07) is 8.00. The molecule has 7 heteroatoms. The van der Waals surface area contributed by atoms with Crippen LogP contribution in [0.4, 0.5) is 0 Å². The van der Waals surface area contributed by atoms with Gasteiger partial charge in [0.05, 0.1) is 17.5 Å². The highest BCUT2D eigenvalue weighted by atomic mass is 32.1. The molecule has 24 heavy (non-hydrogen) atoms. The second-order valence-electron chi connectivity index (χ2n) is 6.06. The Balaban J connectivity index is 1.32. The molecular formula is C17H19N3O2S2. The first-order valence-corrected chi connectivity index (χ1v) is 9.86. The zero-order valence-corrected chi connectivity index (χ0v) is 14.8. The Labute approximate surface area is 148 Å². The summed E-state index contributed by atoms with van der Waals surface area (Å²) >= 11 is 3.25. The van der Waals surface area contributed by atoms with Crippen LogP contribution in [0.5, 0.6) is 0 Å². The van der Waals surface area contributed by atoms with Crippen LogP contribution in [0, 0.1) is 5.92 Å². The summed E-state index contributed by atoms with van der Waals surface area (Å²) in [7, 11) is 0. The highest BCUT2D eigenvalue weighted by molar-refractivity contribution is 7.13. The van der Waals surface area contributed by atoms with Crippen LogP contribution in [0.15, 0.2) is 39.5 Å². The quantitative estimate of drug-likeness (QED) is 0.749. The lowest BCUT2D eigenvalue weighted by Gasteiger charge is -2.33. The SMILES string of the molecule is OC(c1cccs1)C1CCN(Cc2nc(-c3cccs3)no2)CC1. The van der Waals surface area contributed by atoms with E-state index in [1.165, 1.54) is 0 Å². The van der Waals surface area contributed by atoms with Crippen molar-refractivity contribution < 1.29 is 9.63 Å². The normalized spacial score (nSPS) is 18.0. The van der Waals surface area contributed by atoms with Crippen LogP contribution in [0.2, 0.25) is 0 Å². The number of aliphatic hydroxyl groups excluding tert-OH is 1. The van der Waals surface area contributed by atoms with Crippen molar-refractivity contribution in [2.75, 3.05) is 13.1 Å². The molecule has 4 heterocycles. The zero-order valence-electron chi connectivity index (χ0n) is 13.2. The maximum Gasteiger partial charge on any atom is 0.241 e. The van der Waals surface area contributed by atoms with Crippen molar-refractivity contribution in [1.82, 2.24) is 15.0 Å². The van der Waals surface area contributed by atoms with Crippen LogP contribution < -0.4 is 0 Å². The molecule has 1 fully saturated rings. The smallest absolute Gasteiger partial charge is 0.241 e. The van der Waals surface area contributed by atoms with Crippen molar-refractivity contribution in [3.05, 3.63) is 45.8 Å². The fraction of sp³-hybridized carbons (Fsp3) is 0.412. The molecule has 0 saturated carbocycles. The van der Waals surface area contributed by atoms with Gasteiger partial charge in [0.25, 0.3) is 0 Å². The van der Waals surface area contributed by atoms with E-state index in [-0.39, 0.29) is 6.10 Å². The zero-order chi connectivity index (χ0) is 16.4. The predicted molar refractivity (Wildman–Crippen MR) is 94.9 cm³/mol. The first-order chi connectivity index (χ1) is 11.8. The molecule has 3 aromatic heterocycles. The Morgan fingerprint density at radius 3 is 2.71 bits per heavy atom. The summed E-state index contributed by atoms with van der Waals surface area (Å²) < 4.78 is 5.38. The maximum atomic E-state index is 10.5. The van der Waals surface area contributed by atoms with Crippen molar-refractivity contribution in [1.29, 1.82) is 0 Å². The van der Waals surface area contributed by atoms with Crippen LogP contribution >= 0.6 is 22.7 Å². The minimum atomic E-state index is -0.332. The van der Waals surface area contributed by atoms with Gasteiger partial charge in [0.1, 0.15) is 0 Å². The van der Waals surface area contributed by atoms with E-state index in [0.717, 1.165) is 35.7 Å². The molecule has 0 aliphatic carbocycles. The van der Waals surface area contributed by atoms with E-state index in [1.54, 1.807) is 22.7 Å². The fourth-order valence-electron chi connectivity index (χ4n) is 3.13. The van der Waals surface area contributed by atoms with Crippen molar-refractivity contribution >= 4 is 22.7 Å². The molecule has 1 saturated heterocycles. The molecule has 1 unspecified atom stereocenters. The van der Waals surface area contributed by atoms with E-state index in [9.17, 15) is 5.11 Å². The van der Waals surface area contributed by atoms with Crippen molar-refractivity contribution in [3.8, 4) is 10.7 Å². The van der Waals surface area contributed by atoms with Crippen molar-refractivity contribution in [2.24, 2.45) is 5.92 Å². The van der Waals surface area contributed by atoms with Gasteiger partial charge in [0.2, 0.25) is 11.7 Å². The first-order valence-electron chi connectivity index (χ1n) is 8.10. The maximum absolute atomic E-state index is 10.5. The minimum Gasteiger partial charge on any atom is -0.387 e. The molecular weight excluding hydrogens is 342 g/mol. The Morgan fingerprint density at radius 2 is 2.00 bits per heavy atom. The topological polar surface area (TPSA) is 62.4 Å². The lowest BCUT2D eigenvalue weighted by Crippen LogP contribution is -2.35. The fourth-order valence-corrected chi connectivity index (χ4v) is 4.59. The van der Waals surface area contributed by atoms with Crippen LogP contribution in [-0.4, -0.2) is 33.2 Å². The molecule has 1 aliphatic rings. The minimum absolute atomic E-state index is 0.332. The van der Waals surface area contributed by atoms with E-state index in [2.05, 4.69) is 15.0 Å². The van der Waals surface area contributed by atoms with Crippen molar-refractivity contribution in [2.45, 2.75) is 25.5 Å². The van der Waals surface area contributed by atoms with E-state index in [1.807, 2.05) is 35.0 Å². The molecule has 5 nitrogen and oxygen atoms in total. The Morgan fingerprint density at radius 1 is 1.21 bits per heavy atom. The van der Waals surface area contributed by atoms with Gasteiger partial charge in [-0.1, -0.05) is 17.3 Å². The highest BCUT2D eigenvalue weighted by Crippen LogP contribution is 2.33. The van der Waals surface area contributed by atoms with Crippen LogP contribution in [0.1, 0.15) is 29.7 Å². The molecule has 3 aromatic rings. The molecule has 0 spiro atoms. The van der Waals surface area contributed by atoms with Gasteiger partial charge in [0.15, 0.2) is 0 Å². The number of hydrogen-bond acceptors (Lipinski definition) is 7. The summed E-state index contributed by atoms with van der Waals surface area (Å²) in [6.45, 7) is 2.58. The average molecular weight is 361 g/mol. The number of rotatable bonds is 5. The lowest BCUT2D eigenvalue weighted by atomic mass is 9.90. The molecule has 126 valence electrons. The third-order valence-electron chi connectivity index (χ3n) is 4.48. The summed E-state index contributed by atoms with van der Waals surface area (Å²) in [5.74, 6) is 1.67. The molecule has 4 rings (SSSR count). The van der Waals surface area contributed by atoms with Crippen molar-refractivity contribution in [3.63, 3.8) is 0 Å². The number of aromatic nitrogens is 2. The molecule has 1 aliphatic heterocycles. The van der Waals surface area contributed by atoms with Gasteiger partial charge in [-0.05, 0) is 54.7 Å². The van der Waals surface area contributed by atoms with Gasteiger partial charge in [-0.2, -0.15) is 4.98 Å². The predicted octanol–water partition coefficient (Wildman–Crippen LogP) is 3.81. The van der Waals surface area contributed by atoms with Gasteiger partial charge in [-0.15, -0.1) is 22.7 Å². The van der Waals surface area contributed by atoms with Gasteiger partial charge in [-0.3, -0.25) is 4.90 Å². The molecule has 0 bridgehead atoms. The third kappa shape index (κ3) is 3.44. The van der Waals surface area contributed by atoms with Crippen LogP contribution in [-0.2, 0) is 6.54 Å². The number of nitrogens with zero attached hydrogens (tertiary/aromatic N) is 3. The summed E-state index contributed by atoms with van der Waals surface area (Å²) in [6.07, 6.45) is 1.65. The monoisotopic (exact) mass is 361 g/mol. The largest absolute Gasteiger partial charge is 0.387 e. The first kappa shape index (κ1) is 16.0. The van der Waals surface area contributed by atoms with E-state index >= 15 is 0 Å². The van der Waals surface area contributed by atoms with Gasteiger partial charge >= 0.3 is 0 Å². The average Bonchev–Trinajstić information content (AvgIpc) is 3.36. The number of hydrogen-bond donors (Lipinski definition) is 1. The van der Waals surface area contributed by atoms with Gasteiger partial charge in [0, 0.05) is 4.88 Å². The molecule has 1 N–H and O–H groups in total. The second kappa shape index (κ2) is 7.14. The Kier molecular flexibility index (Phi) is 4.75. The summed E-state index contributed by atoms with van der Waals surface area (Å²) in [5, 5.41) is 18.6. The lowest BCUT2D eigenvalue weighted by molar-refractivity contribution is 0.0560. The molecule has 1 atom stereocenters. The Hall–Kier alpha value is -1.54. The standard InChI is InChI=1S/C17H19N3O2S2/c21-16(13-3-1-9-23-13)12-5-7-20(8-6-12)11-15-18-17(19-22-15)14-4-2-10-24-14/h1-4,9-10,12,16,21H,5-8,11H2. The molecule has 0 aromatic carbocycles. The van der Waals surface area contributed by atoms with E-state index in [4.69, 9.17) is 4.52 Å². The Bertz CT molecular complexity index is 747. The number of piperidine rings is 1. The summed E-state index contributed by atoms with van der Waals surface area (Å²) in [5.41, 5.74) is 0. The third-order valence-corrected chi connectivity index (χ3v) is 6.29. The van der Waals surface area contributed by atoms with Gasteiger partial charge < -0.3 is 9.63 Å². The van der Waals surface area contributed by atoms with E-state index in [0.29, 0.717) is 24.2 Å². The number of thiophene rings is 2. The number of aliphatic hydroxyl groups is 1. The van der Waals surface area contributed by atoms with Crippen LogP contribution in [0.3, 0.4) is 0 Å². The number of likely N-dealkylation sites (tertiary alicyclic amines) is 1.